The Bertz CT molecular complexity index is 786. The monoisotopic (exact) mass is 374 g/mol. The molecule has 0 radical (unpaired) electrons. The van der Waals surface area contributed by atoms with Crippen LogP contribution in [0.5, 0.6) is 11.5 Å². The number of phenols is 2. The van der Waals surface area contributed by atoms with E-state index >= 15 is 0 Å². The first-order chi connectivity index (χ1) is 12.6. The van der Waals surface area contributed by atoms with Crippen LogP contribution in [0.1, 0.15) is 67.7 Å². The third-order valence-corrected chi connectivity index (χ3v) is 4.49. The molecule has 146 valence electrons. The molecule has 1 aromatic carbocycles. The van der Waals surface area contributed by atoms with Crippen molar-refractivity contribution in [3.8, 4) is 11.5 Å². The van der Waals surface area contributed by atoms with E-state index in [1.807, 2.05) is 33.8 Å². The van der Waals surface area contributed by atoms with Crippen LogP contribution in [0.25, 0.3) is 0 Å². The van der Waals surface area contributed by atoms with Crippen molar-refractivity contribution in [2.75, 3.05) is 0 Å². The van der Waals surface area contributed by atoms with Crippen molar-refractivity contribution in [2.45, 2.75) is 53.1 Å². The van der Waals surface area contributed by atoms with E-state index in [-0.39, 0.29) is 41.4 Å². The zero-order valence-corrected chi connectivity index (χ0v) is 16.1. The van der Waals surface area contributed by atoms with Crippen LogP contribution in [-0.2, 0) is 9.53 Å². The first kappa shape index (κ1) is 20.7. The van der Waals surface area contributed by atoms with Gasteiger partial charge in [-0.1, -0.05) is 25.5 Å². The third kappa shape index (κ3) is 4.76. The summed E-state index contributed by atoms with van der Waals surface area (Å²) in [5, 5.41) is 20.0. The van der Waals surface area contributed by atoms with Crippen molar-refractivity contribution in [3.05, 3.63) is 34.9 Å². The van der Waals surface area contributed by atoms with Gasteiger partial charge in [-0.05, 0) is 31.9 Å². The molecule has 0 amide bonds. The number of fused-ring (bicyclic) bond motifs is 1. The fourth-order valence-electron chi connectivity index (χ4n) is 3.19. The fourth-order valence-corrected chi connectivity index (χ4v) is 3.19. The summed E-state index contributed by atoms with van der Waals surface area (Å²) in [6.45, 7) is 7.55. The van der Waals surface area contributed by atoms with Crippen molar-refractivity contribution >= 4 is 17.5 Å². The average molecular weight is 374 g/mol. The van der Waals surface area contributed by atoms with E-state index in [2.05, 4.69) is 0 Å². The van der Waals surface area contributed by atoms with Gasteiger partial charge in [0.15, 0.2) is 11.6 Å². The van der Waals surface area contributed by atoms with Gasteiger partial charge < -0.3 is 14.9 Å². The summed E-state index contributed by atoms with van der Waals surface area (Å²) < 4.78 is 5.55. The summed E-state index contributed by atoms with van der Waals surface area (Å²) in [5.41, 5.74) is 0.638. The van der Waals surface area contributed by atoms with E-state index in [0.717, 1.165) is 5.57 Å². The lowest BCUT2D eigenvalue weighted by Gasteiger charge is -2.29. The van der Waals surface area contributed by atoms with E-state index in [4.69, 9.17) is 4.74 Å². The Morgan fingerprint density at radius 1 is 1.19 bits per heavy atom. The maximum Gasteiger partial charge on any atom is 0.306 e. The normalized spacial score (nSPS) is 17.4. The molecular weight excluding hydrogens is 348 g/mol. The molecule has 2 rings (SSSR count). The van der Waals surface area contributed by atoms with Crippen LogP contribution in [0, 0.1) is 11.8 Å². The quantitative estimate of drug-likeness (QED) is 0.446. The van der Waals surface area contributed by atoms with Crippen molar-refractivity contribution in [1.29, 1.82) is 0 Å². The van der Waals surface area contributed by atoms with Gasteiger partial charge in [0, 0.05) is 19.3 Å². The van der Waals surface area contributed by atoms with Crippen LogP contribution in [0.15, 0.2) is 23.8 Å². The molecule has 6 heteroatoms. The van der Waals surface area contributed by atoms with Crippen LogP contribution < -0.4 is 0 Å². The number of carbonyl (C=O) groups excluding carboxylic acids is 3. The highest BCUT2D eigenvalue weighted by atomic mass is 16.5. The number of phenolic OH excluding ortho intramolecular Hbond substituents is 2. The molecule has 1 aromatic rings. The molecule has 0 heterocycles. The van der Waals surface area contributed by atoms with E-state index in [0.29, 0.717) is 6.42 Å². The molecule has 0 aliphatic heterocycles. The molecule has 0 aromatic heterocycles. The number of carbonyl (C=O) groups is 3. The van der Waals surface area contributed by atoms with Gasteiger partial charge >= 0.3 is 5.97 Å². The van der Waals surface area contributed by atoms with Crippen LogP contribution in [0.4, 0.5) is 0 Å². The third-order valence-electron chi connectivity index (χ3n) is 4.49. The lowest BCUT2D eigenvalue weighted by molar-refractivity contribution is -0.151. The molecular formula is C21H26O6. The summed E-state index contributed by atoms with van der Waals surface area (Å²) in [7, 11) is 0. The van der Waals surface area contributed by atoms with Gasteiger partial charge in [0.2, 0.25) is 0 Å². The molecule has 1 aliphatic carbocycles. The largest absolute Gasteiger partial charge is 0.507 e. The lowest BCUT2D eigenvalue weighted by Crippen LogP contribution is -2.38. The fraction of sp³-hybridized carbons (Fsp3) is 0.476. The minimum atomic E-state index is -0.899. The standard InChI is InChI=1S/C21H26O6/c1-11(2)5-8-17(27-18(25)9-12(3)4)13-10-16(24)19-14(22)6-7-15(23)20(19)21(13)26/h5-7,12-13,17,22-23H,8-10H2,1-4H3. The van der Waals surface area contributed by atoms with Crippen LogP contribution in [0.3, 0.4) is 0 Å². The Hall–Kier alpha value is -2.63. The number of hydrogen-bond acceptors (Lipinski definition) is 6. The zero-order valence-electron chi connectivity index (χ0n) is 16.1. The smallest absolute Gasteiger partial charge is 0.306 e. The van der Waals surface area contributed by atoms with Crippen LogP contribution in [0.2, 0.25) is 0 Å². The number of hydrogen-bond donors (Lipinski definition) is 2. The number of ketones is 2. The summed E-state index contributed by atoms with van der Waals surface area (Å²) in [6, 6.07) is 2.36. The molecule has 0 bridgehead atoms. The molecule has 27 heavy (non-hydrogen) atoms. The minimum absolute atomic E-state index is 0.104. The second-order valence-electron chi connectivity index (χ2n) is 7.60. The van der Waals surface area contributed by atoms with Gasteiger partial charge in [0.05, 0.1) is 17.0 Å². The molecule has 0 spiro atoms. The van der Waals surface area contributed by atoms with Gasteiger partial charge in [0.25, 0.3) is 0 Å². The number of benzene rings is 1. The van der Waals surface area contributed by atoms with Gasteiger partial charge in [-0.25, -0.2) is 0 Å². The number of Topliss-reactive ketones (excluding diaryl/α,β-unsaturated/α-hetero) is 2. The highest BCUT2D eigenvalue weighted by Crippen LogP contribution is 2.39. The summed E-state index contributed by atoms with van der Waals surface area (Å²) in [5.74, 6) is -2.87. The van der Waals surface area contributed by atoms with Crippen molar-refractivity contribution in [3.63, 3.8) is 0 Å². The molecule has 0 saturated carbocycles. The van der Waals surface area contributed by atoms with E-state index in [9.17, 15) is 24.6 Å². The number of rotatable bonds is 6. The predicted octanol–water partition coefficient (Wildman–Crippen LogP) is 3.80. The Morgan fingerprint density at radius 3 is 2.33 bits per heavy atom. The predicted molar refractivity (Wildman–Crippen MR) is 99.9 cm³/mol. The Kier molecular flexibility index (Phi) is 6.41. The van der Waals surface area contributed by atoms with Crippen LogP contribution >= 0.6 is 0 Å². The second kappa shape index (κ2) is 8.37. The molecule has 0 fully saturated rings. The van der Waals surface area contributed by atoms with Crippen molar-refractivity contribution in [1.82, 2.24) is 0 Å². The van der Waals surface area contributed by atoms with Gasteiger partial charge in [0.1, 0.15) is 17.6 Å². The first-order valence-electron chi connectivity index (χ1n) is 9.07. The highest BCUT2D eigenvalue weighted by molar-refractivity contribution is 6.17. The van der Waals surface area contributed by atoms with E-state index < -0.39 is 29.6 Å². The van der Waals surface area contributed by atoms with Crippen molar-refractivity contribution < 1.29 is 29.3 Å². The average Bonchev–Trinajstić information content (AvgIpc) is 2.56. The molecule has 1 aliphatic rings. The lowest BCUT2D eigenvalue weighted by atomic mass is 9.77. The number of esters is 1. The first-order valence-corrected chi connectivity index (χ1v) is 9.07. The molecule has 6 nitrogen and oxygen atoms in total. The summed E-state index contributed by atoms with van der Waals surface area (Å²) >= 11 is 0. The Morgan fingerprint density at radius 2 is 1.78 bits per heavy atom. The van der Waals surface area contributed by atoms with Gasteiger partial charge in [-0.2, -0.15) is 0 Å². The molecule has 2 unspecified atom stereocenters. The topological polar surface area (TPSA) is 101 Å². The highest BCUT2D eigenvalue weighted by Gasteiger charge is 2.41. The molecule has 2 N–H and O–H groups in total. The SMILES string of the molecule is CC(C)=CCC(OC(=O)CC(C)C)C1CC(=O)c2c(O)ccc(O)c2C1=O. The van der Waals surface area contributed by atoms with Crippen molar-refractivity contribution in [2.24, 2.45) is 11.8 Å². The van der Waals surface area contributed by atoms with Gasteiger partial charge in [-0.3, -0.25) is 14.4 Å². The maximum atomic E-state index is 13.0. The number of ether oxygens (including phenoxy) is 1. The Labute approximate surface area is 158 Å². The molecule has 0 saturated heterocycles. The van der Waals surface area contributed by atoms with E-state index in [1.54, 1.807) is 0 Å². The van der Waals surface area contributed by atoms with E-state index in [1.165, 1.54) is 12.1 Å². The van der Waals surface area contributed by atoms with Gasteiger partial charge in [-0.15, -0.1) is 0 Å². The minimum Gasteiger partial charge on any atom is -0.507 e. The maximum absolute atomic E-state index is 13.0. The molecule has 2 atom stereocenters. The number of allylic oxidation sites excluding steroid dienone is 1. The summed E-state index contributed by atoms with van der Waals surface area (Å²) in [4.78, 5) is 37.7. The zero-order chi connectivity index (χ0) is 20.3. The number of aromatic hydroxyl groups is 2. The Balaban J connectivity index is 2.39. The van der Waals surface area contributed by atoms with Crippen LogP contribution in [-0.4, -0.2) is 33.9 Å². The summed E-state index contributed by atoms with van der Waals surface area (Å²) in [6.07, 6.45) is 1.37. The second-order valence-corrected chi connectivity index (χ2v) is 7.60.